The molecule has 5 heteroatoms. The molecule has 0 spiro atoms. The van der Waals surface area contributed by atoms with Gasteiger partial charge in [0.25, 0.3) is 5.91 Å². The number of likely N-dealkylation sites (tertiary alicyclic amines) is 1. The number of Topliss-reactive ketones (excluding diaryl/α,β-unsaturated/α-hetero) is 1. The van der Waals surface area contributed by atoms with Gasteiger partial charge in [-0.1, -0.05) is 60.7 Å². The maximum Gasteiger partial charge on any atom is 0.290 e. The summed E-state index contributed by atoms with van der Waals surface area (Å²) in [4.78, 5) is 26.7. The molecule has 2 fully saturated rings. The van der Waals surface area contributed by atoms with Crippen LogP contribution in [0.1, 0.15) is 17.5 Å². The highest BCUT2D eigenvalue weighted by atomic mass is 16.5. The summed E-state index contributed by atoms with van der Waals surface area (Å²) in [5.41, 5.74) is 2.22. The van der Waals surface area contributed by atoms with E-state index in [-0.39, 0.29) is 29.7 Å². The lowest BCUT2D eigenvalue weighted by Crippen LogP contribution is -2.62. The fourth-order valence-electron chi connectivity index (χ4n) is 4.07. The second-order valence-corrected chi connectivity index (χ2v) is 7.29. The number of carbonyl (C=O) groups excluding carboxylic acids is 2. The van der Waals surface area contributed by atoms with Gasteiger partial charge in [0.05, 0.1) is 19.3 Å². The summed E-state index contributed by atoms with van der Waals surface area (Å²) in [7, 11) is 0. The van der Waals surface area contributed by atoms with E-state index in [9.17, 15) is 9.59 Å². The van der Waals surface area contributed by atoms with Crippen molar-refractivity contribution in [2.24, 2.45) is 5.92 Å². The van der Waals surface area contributed by atoms with Gasteiger partial charge < -0.3 is 15.0 Å². The summed E-state index contributed by atoms with van der Waals surface area (Å²) in [6.45, 7) is 2.22. The van der Waals surface area contributed by atoms with Crippen molar-refractivity contribution in [2.75, 3.05) is 13.2 Å². The number of hydrogen-bond donors (Lipinski definition) is 1. The van der Waals surface area contributed by atoms with Gasteiger partial charge >= 0.3 is 0 Å². The second-order valence-electron chi connectivity index (χ2n) is 7.29. The first-order valence-corrected chi connectivity index (χ1v) is 9.45. The molecule has 0 saturated carbocycles. The van der Waals surface area contributed by atoms with E-state index in [2.05, 4.69) is 17.4 Å². The van der Waals surface area contributed by atoms with Crippen molar-refractivity contribution in [1.82, 2.24) is 10.2 Å². The van der Waals surface area contributed by atoms with Crippen LogP contribution in [0.15, 0.2) is 60.7 Å². The first-order valence-electron chi connectivity index (χ1n) is 9.45. The highest BCUT2D eigenvalue weighted by molar-refractivity contribution is 6.36. The second kappa shape index (κ2) is 8.03. The van der Waals surface area contributed by atoms with Crippen molar-refractivity contribution in [2.45, 2.75) is 31.6 Å². The van der Waals surface area contributed by atoms with Crippen molar-refractivity contribution in [3.05, 3.63) is 71.8 Å². The van der Waals surface area contributed by atoms with Crippen LogP contribution in [0, 0.1) is 5.92 Å². The Hall–Kier alpha value is -2.50. The normalized spacial score (nSPS) is 25.3. The van der Waals surface area contributed by atoms with Crippen molar-refractivity contribution in [3.63, 3.8) is 0 Å². The van der Waals surface area contributed by atoms with E-state index >= 15 is 0 Å². The van der Waals surface area contributed by atoms with E-state index in [1.165, 1.54) is 5.56 Å². The first-order chi connectivity index (χ1) is 13.2. The average molecular weight is 364 g/mol. The zero-order valence-electron chi connectivity index (χ0n) is 15.2. The van der Waals surface area contributed by atoms with Crippen molar-refractivity contribution in [1.29, 1.82) is 0 Å². The molecular formula is C22H24N2O3. The number of rotatable bonds is 5. The molecule has 2 aliphatic rings. The third-order valence-electron chi connectivity index (χ3n) is 5.52. The lowest BCUT2D eigenvalue weighted by Gasteiger charge is -2.46. The van der Waals surface area contributed by atoms with E-state index in [1.54, 1.807) is 4.90 Å². The summed E-state index contributed by atoms with van der Waals surface area (Å²) in [6, 6.07) is 20.0. The number of ketones is 1. The van der Waals surface area contributed by atoms with Gasteiger partial charge in [-0.15, -0.1) is 0 Å². The average Bonchev–Trinajstić information content (AvgIpc) is 2.71. The number of ether oxygens (including phenoxy) is 1. The fourth-order valence-corrected chi connectivity index (χ4v) is 4.07. The number of piperidine rings is 1. The predicted molar refractivity (Wildman–Crippen MR) is 102 cm³/mol. The van der Waals surface area contributed by atoms with Crippen molar-refractivity contribution < 1.29 is 14.3 Å². The molecule has 2 saturated heterocycles. The molecule has 3 atom stereocenters. The Morgan fingerprint density at radius 3 is 2.30 bits per heavy atom. The fraction of sp³-hybridized carbons (Fsp3) is 0.364. The number of nitrogens with zero attached hydrogens (tertiary/aromatic N) is 1. The lowest BCUT2D eigenvalue weighted by atomic mass is 9.81. The third-order valence-corrected chi connectivity index (χ3v) is 5.52. The molecule has 1 amide bonds. The Morgan fingerprint density at radius 1 is 0.926 bits per heavy atom. The zero-order chi connectivity index (χ0) is 18.6. The Bertz CT molecular complexity index is 794. The summed E-state index contributed by atoms with van der Waals surface area (Å²) < 4.78 is 5.82. The van der Waals surface area contributed by atoms with Crippen LogP contribution in [-0.4, -0.2) is 41.9 Å². The van der Waals surface area contributed by atoms with Crippen LogP contribution >= 0.6 is 0 Å². The number of hydrogen-bond acceptors (Lipinski definition) is 4. The zero-order valence-corrected chi connectivity index (χ0v) is 15.2. The minimum Gasteiger partial charge on any atom is -0.378 e. The number of amides is 1. The van der Waals surface area contributed by atoms with Gasteiger partial charge in [-0.05, 0) is 11.1 Å². The van der Waals surface area contributed by atoms with Gasteiger partial charge in [-0.25, -0.2) is 0 Å². The van der Waals surface area contributed by atoms with Gasteiger partial charge in [0.1, 0.15) is 0 Å². The third kappa shape index (κ3) is 3.94. The molecule has 140 valence electrons. The number of carbonyl (C=O) groups is 2. The molecule has 2 heterocycles. The molecule has 0 aliphatic carbocycles. The Balaban J connectivity index is 1.50. The maximum absolute atomic E-state index is 12.6. The van der Waals surface area contributed by atoms with E-state index in [0.717, 1.165) is 12.1 Å². The van der Waals surface area contributed by atoms with Crippen molar-refractivity contribution >= 4 is 11.7 Å². The SMILES string of the molecule is O=C1C[C@@H]2[C@@H](NCc3ccccc3)COC[C@H]2N(Cc2ccccc2)C1=O. The van der Waals surface area contributed by atoms with Crippen LogP contribution in [0.3, 0.4) is 0 Å². The Kier molecular flexibility index (Phi) is 5.32. The summed E-state index contributed by atoms with van der Waals surface area (Å²) in [5, 5.41) is 3.54. The quantitative estimate of drug-likeness (QED) is 0.826. The minimum atomic E-state index is -0.382. The van der Waals surface area contributed by atoms with E-state index < -0.39 is 0 Å². The summed E-state index contributed by atoms with van der Waals surface area (Å²) >= 11 is 0. The Labute approximate surface area is 159 Å². The maximum atomic E-state index is 12.6. The van der Waals surface area contributed by atoms with Crippen molar-refractivity contribution in [3.8, 4) is 0 Å². The predicted octanol–water partition coefficient (Wildman–Crippen LogP) is 2.16. The van der Waals surface area contributed by atoms with Crippen LogP contribution in [0.25, 0.3) is 0 Å². The molecule has 2 aromatic rings. The van der Waals surface area contributed by atoms with Crippen LogP contribution in [0.5, 0.6) is 0 Å². The van der Waals surface area contributed by atoms with Crippen LogP contribution in [-0.2, 0) is 27.4 Å². The summed E-state index contributed by atoms with van der Waals surface area (Å²) in [5.74, 6) is -0.593. The molecule has 2 aromatic carbocycles. The topological polar surface area (TPSA) is 58.6 Å². The van der Waals surface area contributed by atoms with E-state index in [1.807, 2.05) is 48.5 Å². The van der Waals surface area contributed by atoms with Crippen LogP contribution < -0.4 is 5.32 Å². The monoisotopic (exact) mass is 364 g/mol. The molecule has 0 aromatic heterocycles. The minimum absolute atomic E-state index is 0.0549. The van der Waals surface area contributed by atoms with Gasteiger partial charge in [-0.3, -0.25) is 9.59 Å². The smallest absolute Gasteiger partial charge is 0.290 e. The van der Waals surface area contributed by atoms with Gasteiger partial charge in [0.2, 0.25) is 5.78 Å². The first kappa shape index (κ1) is 17.9. The molecular weight excluding hydrogens is 340 g/mol. The van der Waals surface area contributed by atoms with Crippen LogP contribution in [0.4, 0.5) is 0 Å². The molecule has 2 aliphatic heterocycles. The molecule has 27 heavy (non-hydrogen) atoms. The summed E-state index contributed by atoms with van der Waals surface area (Å²) in [6.07, 6.45) is 0.296. The lowest BCUT2D eigenvalue weighted by molar-refractivity contribution is -0.159. The van der Waals surface area contributed by atoms with Gasteiger partial charge in [0, 0.05) is 31.5 Å². The molecule has 0 bridgehead atoms. The highest BCUT2D eigenvalue weighted by Crippen LogP contribution is 2.30. The van der Waals surface area contributed by atoms with Crippen LogP contribution in [0.2, 0.25) is 0 Å². The molecule has 0 unspecified atom stereocenters. The van der Waals surface area contributed by atoms with E-state index in [0.29, 0.717) is 26.2 Å². The standard InChI is InChI=1S/C22H24N2O3/c25-21-11-18-19(23-12-16-7-3-1-4-8-16)14-27-15-20(18)24(22(21)26)13-17-9-5-2-6-10-17/h1-10,18-20,23H,11-15H2/t18-,19+,20-/m1/s1. The number of benzene rings is 2. The largest absolute Gasteiger partial charge is 0.378 e. The number of fused-ring (bicyclic) bond motifs is 1. The highest BCUT2D eigenvalue weighted by Gasteiger charge is 2.46. The van der Waals surface area contributed by atoms with E-state index in [4.69, 9.17) is 4.74 Å². The van der Waals surface area contributed by atoms with Gasteiger partial charge in [0.15, 0.2) is 0 Å². The molecule has 5 nitrogen and oxygen atoms in total. The molecule has 0 radical (unpaired) electrons. The molecule has 1 N–H and O–H groups in total. The number of nitrogens with one attached hydrogen (secondary N) is 1. The van der Waals surface area contributed by atoms with Gasteiger partial charge in [-0.2, -0.15) is 0 Å². The Morgan fingerprint density at radius 2 is 1.59 bits per heavy atom. The molecule has 4 rings (SSSR count).